The van der Waals surface area contributed by atoms with Crippen LogP contribution in [-0.4, -0.2) is 36.7 Å². The number of methoxy groups -OCH3 is 1. The van der Waals surface area contributed by atoms with Crippen molar-refractivity contribution in [1.29, 1.82) is 0 Å². The van der Waals surface area contributed by atoms with Gasteiger partial charge in [-0.05, 0) is 62.2 Å². The second-order valence-electron chi connectivity index (χ2n) is 7.67. The fourth-order valence-corrected chi connectivity index (χ4v) is 4.65. The first-order valence-electron chi connectivity index (χ1n) is 10.7. The lowest BCUT2D eigenvalue weighted by Crippen LogP contribution is -2.03. The van der Waals surface area contributed by atoms with Gasteiger partial charge in [-0.3, -0.25) is 0 Å². The fraction of sp³-hybridized carbons (Fsp3) is 0.250. The number of rotatable bonds is 8. The van der Waals surface area contributed by atoms with Crippen LogP contribution in [0.25, 0.3) is 10.6 Å². The second kappa shape index (κ2) is 9.03. The number of benzene rings is 2. The van der Waals surface area contributed by atoms with Crippen molar-refractivity contribution < 1.29 is 9.47 Å². The summed E-state index contributed by atoms with van der Waals surface area (Å²) >= 11 is 1.56. The summed E-state index contributed by atoms with van der Waals surface area (Å²) in [5.74, 6) is 2.20. The molecule has 3 aromatic heterocycles. The molecule has 0 aliphatic rings. The van der Waals surface area contributed by atoms with Gasteiger partial charge in [0.2, 0.25) is 4.96 Å². The molecule has 3 heterocycles. The molecule has 33 heavy (non-hydrogen) atoms. The molecule has 0 amide bonds. The quantitative estimate of drug-likeness (QED) is 0.342. The molecule has 0 N–H and O–H groups in total. The van der Waals surface area contributed by atoms with E-state index in [1.165, 1.54) is 5.56 Å². The third-order valence-electron chi connectivity index (χ3n) is 5.56. The number of aromatic nitrogens is 6. The average molecular weight is 461 g/mol. The van der Waals surface area contributed by atoms with Gasteiger partial charge in [-0.1, -0.05) is 29.5 Å². The number of aryl methyl sites for hydroxylation is 2. The van der Waals surface area contributed by atoms with Crippen LogP contribution < -0.4 is 9.47 Å². The fourth-order valence-electron chi connectivity index (χ4n) is 3.80. The SMILES string of the molecule is COc1ccc(OCc2nnc3sc(CCc4c(C)nn(-c5ccccc5)c4C)nn23)cc1. The maximum atomic E-state index is 5.85. The van der Waals surface area contributed by atoms with Crippen molar-refractivity contribution in [2.45, 2.75) is 33.3 Å². The first kappa shape index (κ1) is 21.1. The molecule has 0 unspecified atom stereocenters. The standard InChI is InChI=1S/C24H24N6O2S/c1-16-21(17(2)29(27-16)18-7-5-4-6-8-18)13-14-23-28-30-22(25-26-24(30)33-23)15-32-20-11-9-19(31-3)10-12-20/h4-12H,13-15H2,1-3H3. The maximum Gasteiger partial charge on any atom is 0.234 e. The van der Waals surface area contributed by atoms with Crippen molar-refractivity contribution in [2.24, 2.45) is 0 Å². The molecule has 0 spiro atoms. The van der Waals surface area contributed by atoms with E-state index in [1.807, 2.05) is 47.1 Å². The van der Waals surface area contributed by atoms with E-state index in [0.29, 0.717) is 12.4 Å². The van der Waals surface area contributed by atoms with Gasteiger partial charge >= 0.3 is 0 Å². The Morgan fingerprint density at radius 2 is 1.64 bits per heavy atom. The summed E-state index contributed by atoms with van der Waals surface area (Å²) in [6, 6.07) is 17.7. The Labute approximate surface area is 195 Å². The van der Waals surface area contributed by atoms with Crippen molar-refractivity contribution in [2.75, 3.05) is 7.11 Å². The molecule has 0 aliphatic heterocycles. The molecule has 0 atom stereocenters. The molecule has 5 aromatic rings. The minimum atomic E-state index is 0.290. The Morgan fingerprint density at radius 3 is 2.39 bits per heavy atom. The maximum absolute atomic E-state index is 5.85. The number of hydrogen-bond acceptors (Lipinski definition) is 7. The van der Waals surface area contributed by atoms with Crippen LogP contribution in [-0.2, 0) is 19.4 Å². The molecule has 0 fully saturated rings. The van der Waals surface area contributed by atoms with E-state index in [1.54, 1.807) is 23.0 Å². The second-order valence-corrected chi connectivity index (χ2v) is 8.71. The molecule has 168 valence electrons. The minimum absolute atomic E-state index is 0.290. The first-order valence-corrected chi connectivity index (χ1v) is 11.5. The minimum Gasteiger partial charge on any atom is -0.497 e. The van der Waals surface area contributed by atoms with Gasteiger partial charge in [0.15, 0.2) is 5.82 Å². The summed E-state index contributed by atoms with van der Waals surface area (Å²) in [7, 11) is 1.64. The monoisotopic (exact) mass is 460 g/mol. The number of para-hydroxylation sites is 1. The molecular weight excluding hydrogens is 436 g/mol. The Balaban J connectivity index is 1.28. The lowest BCUT2D eigenvalue weighted by atomic mass is 10.1. The van der Waals surface area contributed by atoms with E-state index in [0.717, 1.165) is 51.4 Å². The van der Waals surface area contributed by atoms with Crippen molar-refractivity contribution in [3.8, 4) is 17.2 Å². The topological polar surface area (TPSA) is 79.4 Å². The summed E-state index contributed by atoms with van der Waals surface area (Å²) in [4.78, 5) is 0.770. The van der Waals surface area contributed by atoms with E-state index in [2.05, 4.69) is 36.2 Å². The van der Waals surface area contributed by atoms with Crippen LogP contribution in [0.2, 0.25) is 0 Å². The summed E-state index contributed by atoms with van der Waals surface area (Å²) < 4.78 is 14.8. The van der Waals surface area contributed by atoms with E-state index in [-0.39, 0.29) is 0 Å². The lowest BCUT2D eigenvalue weighted by Gasteiger charge is -2.05. The summed E-state index contributed by atoms with van der Waals surface area (Å²) in [6.45, 7) is 4.48. The highest BCUT2D eigenvalue weighted by Gasteiger charge is 2.16. The largest absolute Gasteiger partial charge is 0.497 e. The number of fused-ring (bicyclic) bond motifs is 1. The van der Waals surface area contributed by atoms with Crippen LogP contribution in [0.3, 0.4) is 0 Å². The smallest absolute Gasteiger partial charge is 0.234 e. The summed E-state index contributed by atoms with van der Waals surface area (Å²) in [6.07, 6.45) is 1.68. The van der Waals surface area contributed by atoms with Gasteiger partial charge in [0.05, 0.1) is 18.5 Å². The zero-order valence-corrected chi connectivity index (χ0v) is 19.5. The van der Waals surface area contributed by atoms with Gasteiger partial charge in [-0.25, -0.2) is 4.68 Å². The predicted octanol–water partition coefficient (Wildman–Crippen LogP) is 4.36. The predicted molar refractivity (Wildman–Crippen MR) is 126 cm³/mol. The van der Waals surface area contributed by atoms with Crippen molar-refractivity contribution >= 4 is 16.3 Å². The number of nitrogens with zero attached hydrogens (tertiary/aromatic N) is 6. The highest BCUT2D eigenvalue weighted by atomic mass is 32.1. The van der Waals surface area contributed by atoms with Gasteiger partial charge in [0.1, 0.15) is 23.1 Å². The molecule has 0 aliphatic carbocycles. The van der Waals surface area contributed by atoms with E-state index in [9.17, 15) is 0 Å². The lowest BCUT2D eigenvalue weighted by molar-refractivity contribution is 0.292. The molecule has 0 bridgehead atoms. The van der Waals surface area contributed by atoms with E-state index < -0.39 is 0 Å². The van der Waals surface area contributed by atoms with Gasteiger partial charge in [0, 0.05) is 12.1 Å². The van der Waals surface area contributed by atoms with Crippen LogP contribution in [0.5, 0.6) is 11.5 Å². The first-order chi connectivity index (χ1) is 16.1. The van der Waals surface area contributed by atoms with Crippen molar-refractivity contribution in [3.63, 3.8) is 0 Å². The Morgan fingerprint density at radius 1 is 0.879 bits per heavy atom. The van der Waals surface area contributed by atoms with Gasteiger partial charge < -0.3 is 9.47 Å². The Kier molecular flexibility index (Phi) is 5.78. The third-order valence-corrected chi connectivity index (χ3v) is 6.51. The molecular formula is C24H24N6O2S. The van der Waals surface area contributed by atoms with Gasteiger partial charge in [-0.2, -0.15) is 14.7 Å². The zero-order chi connectivity index (χ0) is 22.8. The van der Waals surface area contributed by atoms with Gasteiger partial charge in [-0.15, -0.1) is 10.2 Å². The van der Waals surface area contributed by atoms with Crippen LogP contribution in [0, 0.1) is 13.8 Å². The zero-order valence-electron chi connectivity index (χ0n) is 18.7. The highest BCUT2D eigenvalue weighted by Crippen LogP contribution is 2.22. The van der Waals surface area contributed by atoms with E-state index in [4.69, 9.17) is 19.7 Å². The Hall–Kier alpha value is -3.72. The van der Waals surface area contributed by atoms with Gasteiger partial charge in [0.25, 0.3) is 0 Å². The van der Waals surface area contributed by atoms with Crippen molar-refractivity contribution in [3.05, 3.63) is 82.4 Å². The normalized spacial score (nSPS) is 11.2. The summed E-state index contributed by atoms with van der Waals surface area (Å²) in [5.41, 5.74) is 4.54. The molecule has 9 heteroatoms. The molecule has 2 aromatic carbocycles. The van der Waals surface area contributed by atoms with Crippen LogP contribution >= 0.6 is 11.3 Å². The van der Waals surface area contributed by atoms with Crippen LogP contribution in [0.4, 0.5) is 0 Å². The molecule has 0 saturated heterocycles. The van der Waals surface area contributed by atoms with Crippen molar-refractivity contribution in [1.82, 2.24) is 29.6 Å². The highest BCUT2D eigenvalue weighted by molar-refractivity contribution is 7.16. The number of ether oxygens (including phenoxy) is 2. The number of hydrogen-bond donors (Lipinski definition) is 0. The van der Waals surface area contributed by atoms with Crippen LogP contribution in [0.15, 0.2) is 54.6 Å². The molecule has 0 saturated carbocycles. The molecule has 5 rings (SSSR count). The molecule has 8 nitrogen and oxygen atoms in total. The summed E-state index contributed by atoms with van der Waals surface area (Å²) in [5, 5.41) is 19.0. The Bertz CT molecular complexity index is 1370. The average Bonchev–Trinajstić information content (AvgIpc) is 3.50. The molecule has 0 radical (unpaired) electrons. The van der Waals surface area contributed by atoms with Crippen LogP contribution in [0.1, 0.15) is 27.8 Å². The third kappa shape index (κ3) is 4.31. The van der Waals surface area contributed by atoms with E-state index >= 15 is 0 Å².